The minimum absolute atomic E-state index is 0.101. The first kappa shape index (κ1) is 15.6. The van der Waals surface area contributed by atoms with Crippen molar-refractivity contribution in [1.82, 2.24) is 0 Å². The second kappa shape index (κ2) is 6.30. The fourth-order valence-electron chi connectivity index (χ4n) is 1.99. The maximum absolute atomic E-state index is 12.2. The Morgan fingerprint density at radius 2 is 1.68 bits per heavy atom. The Bertz CT molecular complexity index is 708. The predicted molar refractivity (Wildman–Crippen MR) is 86.1 cm³/mol. The molecule has 0 radical (unpaired) electrons. The van der Waals surface area contributed by atoms with Crippen LogP contribution in [0.2, 0.25) is 0 Å². The Hall–Kier alpha value is -2.82. The summed E-state index contributed by atoms with van der Waals surface area (Å²) >= 11 is 0. The molecule has 0 atom stereocenters. The van der Waals surface area contributed by atoms with Crippen LogP contribution in [0.4, 0.5) is 11.4 Å². The summed E-state index contributed by atoms with van der Waals surface area (Å²) in [5.74, 6) is -1.28. The fraction of sp³-hybridized carbons (Fsp3) is 0.176. The molecule has 0 saturated heterocycles. The molecule has 0 unspecified atom stereocenters. The van der Waals surface area contributed by atoms with Crippen molar-refractivity contribution in [2.24, 2.45) is 0 Å². The van der Waals surface area contributed by atoms with Gasteiger partial charge in [-0.15, -0.1) is 0 Å². The van der Waals surface area contributed by atoms with Crippen molar-refractivity contribution >= 4 is 23.2 Å². The molecule has 2 aromatic carbocycles. The number of amides is 2. The van der Waals surface area contributed by atoms with Gasteiger partial charge in [0.1, 0.15) is 5.75 Å². The summed E-state index contributed by atoms with van der Waals surface area (Å²) in [5, 5.41) is 11.9. The van der Waals surface area contributed by atoms with Crippen molar-refractivity contribution in [1.29, 1.82) is 0 Å². The zero-order valence-corrected chi connectivity index (χ0v) is 12.8. The number of hydrogen-bond donors (Lipinski definition) is 2. The van der Waals surface area contributed by atoms with Gasteiger partial charge in [-0.3, -0.25) is 9.59 Å². The van der Waals surface area contributed by atoms with E-state index in [1.54, 1.807) is 12.1 Å². The van der Waals surface area contributed by atoms with Gasteiger partial charge in [0, 0.05) is 18.4 Å². The van der Waals surface area contributed by atoms with Crippen molar-refractivity contribution in [2.45, 2.75) is 13.8 Å². The quantitative estimate of drug-likeness (QED) is 0.837. The zero-order valence-electron chi connectivity index (χ0n) is 12.8. The molecule has 5 nitrogen and oxygen atoms in total. The van der Waals surface area contributed by atoms with E-state index in [9.17, 15) is 14.7 Å². The van der Waals surface area contributed by atoms with Gasteiger partial charge in [0.2, 0.25) is 0 Å². The lowest BCUT2D eigenvalue weighted by Crippen LogP contribution is -2.37. The summed E-state index contributed by atoms with van der Waals surface area (Å²) in [7, 11) is 1.51. The van der Waals surface area contributed by atoms with Gasteiger partial charge < -0.3 is 15.3 Å². The summed E-state index contributed by atoms with van der Waals surface area (Å²) in [6.45, 7) is 3.78. The average Bonchev–Trinajstić information content (AvgIpc) is 2.50. The van der Waals surface area contributed by atoms with Gasteiger partial charge in [0.15, 0.2) is 0 Å². The number of carbonyl (C=O) groups excluding carboxylic acids is 2. The molecule has 2 N–H and O–H groups in total. The number of nitrogens with one attached hydrogen (secondary N) is 1. The number of benzene rings is 2. The molecular weight excluding hydrogens is 280 g/mol. The number of aryl methyl sites for hydroxylation is 2. The van der Waals surface area contributed by atoms with Crippen molar-refractivity contribution < 1.29 is 14.7 Å². The van der Waals surface area contributed by atoms with Crippen molar-refractivity contribution in [3.8, 4) is 5.75 Å². The smallest absolute Gasteiger partial charge is 0.316 e. The van der Waals surface area contributed by atoms with Crippen molar-refractivity contribution in [2.75, 3.05) is 17.3 Å². The number of likely N-dealkylation sites (N-methyl/N-ethyl adjacent to an activating group) is 1. The highest BCUT2D eigenvalue weighted by atomic mass is 16.3. The van der Waals surface area contributed by atoms with Crippen LogP contribution in [0.3, 0.4) is 0 Å². The molecule has 0 aliphatic carbocycles. The van der Waals surface area contributed by atoms with Gasteiger partial charge in [0.25, 0.3) is 0 Å². The van der Waals surface area contributed by atoms with E-state index in [0.29, 0.717) is 11.4 Å². The van der Waals surface area contributed by atoms with Gasteiger partial charge >= 0.3 is 11.8 Å². The third kappa shape index (κ3) is 3.44. The largest absolute Gasteiger partial charge is 0.508 e. The third-order valence-corrected chi connectivity index (χ3v) is 3.38. The van der Waals surface area contributed by atoms with Gasteiger partial charge in [-0.2, -0.15) is 0 Å². The average molecular weight is 298 g/mol. The summed E-state index contributed by atoms with van der Waals surface area (Å²) < 4.78 is 0. The molecule has 0 aliphatic heterocycles. The highest BCUT2D eigenvalue weighted by Crippen LogP contribution is 2.19. The van der Waals surface area contributed by atoms with E-state index < -0.39 is 11.8 Å². The molecule has 2 amide bonds. The molecule has 0 spiro atoms. The summed E-state index contributed by atoms with van der Waals surface area (Å²) in [6.07, 6.45) is 0. The van der Waals surface area contributed by atoms with Crippen LogP contribution in [0.1, 0.15) is 11.1 Å². The summed E-state index contributed by atoms with van der Waals surface area (Å²) in [5.41, 5.74) is 3.04. The van der Waals surface area contributed by atoms with Crippen LogP contribution in [0.15, 0.2) is 42.5 Å². The Balaban J connectivity index is 2.13. The second-order valence-corrected chi connectivity index (χ2v) is 5.15. The standard InChI is InChI=1S/C17H18N2O3/c1-11-4-5-12(2)15(10-11)18-16(21)17(22)19(3)13-6-8-14(20)9-7-13/h4-10,20H,1-3H3,(H,18,21). The van der Waals surface area contributed by atoms with Gasteiger partial charge in [0.05, 0.1) is 0 Å². The van der Waals surface area contributed by atoms with E-state index in [1.807, 2.05) is 32.0 Å². The van der Waals surface area contributed by atoms with Crippen LogP contribution in [-0.2, 0) is 9.59 Å². The molecule has 0 aliphatic rings. The number of aromatic hydroxyl groups is 1. The molecule has 0 aromatic heterocycles. The highest BCUT2D eigenvalue weighted by Gasteiger charge is 2.20. The zero-order chi connectivity index (χ0) is 16.3. The molecule has 5 heteroatoms. The van der Waals surface area contributed by atoms with Gasteiger partial charge in [-0.05, 0) is 55.3 Å². The SMILES string of the molecule is Cc1ccc(C)c(NC(=O)C(=O)N(C)c2ccc(O)cc2)c1. The predicted octanol–water partition coefficient (Wildman–Crippen LogP) is 2.61. The molecule has 2 aromatic rings. The molecule has 0 bridgehead atoms. The van der Waals surface area contributed by atoms with Crippen LogP contribution < -0.4 is 10.2 Å². The number of anilines is 2. The van der Waals surface area contributed by atoms with Crippen LogP contribution in [-0.4, -0.2) is 24.0 Å². The van der Waals surface area contributed by atoms with Crippen LogP contribution >= 0.6 is 0 Å². The number of nitrogens with zero attached hydrogens (tertiary/aromatic N) is 1. The number of rotatable bonds is 2. The van der Waals surface area contributed by atoms with Crippen LogP contribution in [0, 0.1) is 13.8 Å². The van der Waals surface area contributed by atoms with Crippen LogP contribution in [0.25, 0.3) is 0 Å². The van der Waals surface area contributed by atoms with Gasteiger partial charge in [-0.1, -0.05) is 12.1 Å². The molecule has 0 fully saturated rings. The lowest BCUT2D eigenvalue weighted by Gasteiger charge is -2.17. The normalized spacial score (nSPS) is 10.1. The fourth-order valence-corrected chi connectivity index (χ4v) is 1.99. The second-order valence-electron chi connectivity index (χ2n) is 5.15. The minimum atomic E-state index is -0.704. The lowest BCUT2D eigenvalue weighted by atomic mass is 10.1. The minimum Gasteiger partial charge on any atom is -0.508 e. The van der Waals surface area contributed by atoms with Crippen molar-refractivity contribution in [3.05, 3.63) is 53.6 Å². The Labute approximate surface area is 129 Å². The van der Waals surface area contributed by atoms with Gasteiger partial charge in [-0.25, -0.2) is 0 Å². The Morgan fingerprint density at radius 3 is 2.32 bits per heavy atom. The van der Waals surface area contributed by atoms with E-state index >= 15 is 0 Å². The number of phenolic OH excluding ortho intramolecular Hbond substituents is 1. The molecule has 22 heavy (non-hydrogen) atoms. The summed E-state index contributed by atoms with van der Waals surface area (Å²) in [4.78, 5) is 25.5. The maximum Gasteiger partial charge on any atom is 0.316 e. The lowest BCUT2D eigenvalue weighted by molar-refractivity contribution is -0.134. The first-order valence-corrected chi connectivity index (χ1v) is 6.84. The Kier molecular flexibility index (Phi) is 4.46. The third-order valence-electron chi connectivity index (χ3n) is 3.38. The number of carbonyl (C=O) groups is 2. The molecule has 2 rings (SSSR count). The first-order chi connectivity index (χ1) is 10.4. The highest BCUT2D eigenvalue weighted by molar-refractivity contribution is 6.44. The topological polar surface area (TPSA) is 69.6 Å². The maximum atomic E-state index is 12.2. The monoisotopic (exact) mass is 298 g/mol. The van der Waals surface area contributed by atoms with Crippen molar-refractivity contribution in [3.63, 3.8) is 0 Å². The summed E-state index contributed by atoms with van der Waals surface area (Å²) in [6, 6.07) is 11.7. The van der Waals surface area contributed by atoms with E-state index in [4.69, 9.17) is 0 Å². The molecule has 0 saturated carbocycles. The molecule has 0 heterocycles. The number of hydrogen-bond acceptors (Lipinski definition) is 3. The molecule has 114 valence electrons. The Morgan fingerprint density at radius 1 is 1.05 bits per heavy atom. The van der Waals surface area contributed by atoms with E-state index in [0.717, 1.165) is 11.1 Å². The first-order valence-electron chi connectivity index (χ1n) is 6.84. The number of phenols is 1. The van der Waals surface area contributed by atoms with E-state index in [2.05, 4.69) is 5.32 Å². The van der Waals surface area contributed by atoms with Crippen LogP contribution in [0.5, 0.6) is 5.75 Å². The van der Waals surface area contributed by atoms with E-state index in [1.165, 1.54) is 24.1 Å². The van der Waals surface area contributed by atoms with E-state index in [-0.39, 0.29) is 5.75 Å². The molecular formula is C17H18N2O3.